The lowest BCUT2D eigenvalue weighted by molar-refractivity contribution is 0.0583. The number of benzene rings is 1. The first kappa shape index (κ1) is 14.4. The van der Waals surface area contributed by atoms with Crippen LogP contribution in [0.25, 0.3) is 0 Å². The molecule has 1 amide bonds. The molecule has 0 saturated carbocycles. The molecule has 5 nitrogen and oxygen atoms in total. The van der Waals surface area contributed by atoms with Crippen LogP contribution in [0.2, 0.25) is 0 Å². The van der Waals surface area contributed by atoms with Crippen LogP contribution in [0.4, 0.5) is 10.5 Å². The third-order valence-corrected chi connectivity index (χ3v) is 3.07. The molecule has 1 aromatic rings. The zero-order valence-electron chi connectivity index (χ0n) is 12.2. The molecule has 0 atom stereocenters. The van der Waals surface area contributed by atoms with E-state index in [1.165, 1.54) is 7.11 Å². The molecule has 1 aliphatic heterocycles. The average molecular weight is 277 g/mol. The number of aldehydes is 1. The number of rotatable bonds is 2. The van der Waals surface area contributed by atoms with Gasteiger partial charge in [0.25, 0.3) is 0 Å². The molecule has 108 valence electrons. The molecule has 0 radical (unpaired) electrons. The summed E-state index contributed by atoms with van der Waals surface area (Å²) in [5.41, 5.74) is 1.60. The Morgan fingerprint density at radius 1 is 1.35 bits per heavy atom. The minimum atomic E-state index is -0.542. The van der Waals surface area contributed by atoms with Crippen LogP contribution >= 0.6 is 0 Å². The Bertz CT molecular complexity index is 546. The van der Waals surface area contributed by atoms with Gasteiger partial charge in [0, 0.05) is 6.54 Å². The van der Waals surface area contributed by atoms with E-state index in [1.54, 1.807) is 11.0 Å². The Labute approximate surface area is 118 Å². The van der Waals surface area contributed by atoms with Crippen LogP contribution in [0, 0.1) is 0 Å². The van der Waals surface area contributed by atoms with Gasteiger partial charge in [-0.3, -0.25) is 9.69 Å². The Kier molecular flexibility index (Phi) is 3.70. The van der Waals surface area contributed by atoms with Crippen LogP contribution in [0.3, 0.4) is 0 Å². The highest BCUT2D eigenvalue weighted by molar-refractivity contribution is 5.93. The lowest BCUT2D eigenvalue weighted by atomic mass is 10.1. The maximum Gasteiger partial charge on any atom is 0.414 e. The number of amides is 1. The fourth-order valence-corrected chi connectivity index (χ4v) is 2.21. The molecule has 0 spiro atoms. The van der Waals surface area contributed by atoms with Crippen molar-refractivity contribution in [3.05, 3.63) is 23.3 Å². The number of carbonyl (C=O) groups excluding carboxylic acids is 2. The molecule has 0 aliphatic carbocycles. The van der Waals surface area contributed by atoms with E-state index in [-0.39, 0.29) is 0 Å². The summed E-state index contributed by atoms with van der Waals surface area (Å²) in [6.45, 7) is 6.03. The Morgan fingerprint density at radius 3 is 2.60 bits per heavy atom. The van der Waals surface area contributed by atoms with Crippen LogP contribution < -0.4 is 9.64 Å². The maximum atomic E-state index is 12.2. The first-order valence-electron chi connectivity index (χ1n) is 6.52. The fourth-order valence-electron chi connectivity index (χ4n) is 2.21. The lowest BCUT2D eigenvalue weighted by Gasteiger charge is -2.25. The van der Waals surface area contributed by atoms with E-state index in [0.717, 1.165) is 24.0 Å². The number of fused-ring (bicyclic) bond motifs is 1. The highest BCUT2D eigenvalue weighted by atomic mass is 16.6. The third kappa shape index (κ3) is 2.76. The Morgan fingerprint density at radius 2 is 2.05 bits per heavy atom. The number of hydrogen-bond acceptors (Lipinski definition) is 4. The van der Waals surface area contributed by atoms with Crippen molar-refractivity contribution in [3.8, 4) is 5.75 Å². The highest BCUT2D eigenvalue weighted by Crippen LogP contribution is 2.34. The predicted octanol–water partition coefficient (Wildman–Crippen LogP) is 2.81. The van der Waals surface area contributed by atoms with E-state index in [4.69, 9.17) is 9.47 Å². The quantitative estimate of drug-likeness (QED) is 0.780. The van der Waals surface area contributed by atoms with Crippen molar-refractivity contribution in [2.45, 2.75) is 32.8 Å². The van der Waals surface area contributed by atoms with E-state index in [0.29, 0.717) is 17.9 Å². The predicted molar refractivity (Wildman–Crippen MR) is 75.7 cm³/mol. The molecule has 5 heteroatoms. The van der Waals surface area contributed by atoms with Gasteiger partial charge < -0.3 is 9.47 Å². The summed E-state index contributed by atoms with van der Waals surface area (Å²) in [5.74, 6) is 0.532. The largest absolute Gasteiger partial charge is 0.496 e. The van der Waals surface area contributed by atoms with E-state index in [9.17, 15) is 9.59 Å². The summed E-state index contributed by atoms with van der Waals surface area (Å²) in [6.07, 6.45) is 1.06. The summed E-state index contributed by atoms with van der Waals surface area (Å²) < 4.78 is 10.5. The second-order valence-corrected chi connectivity index (χ2v) is 5.72. The van der Waals surface area contributed by atoms with Gasteiger partial charge in [-0.1, -0.05) is 0 Å². The molecule has 1 aliphatic rings. The van der Waals surface area contributed by atoms with Gasteiger partial charge in [0.15, 0.2) is 6.29 Å². The van der Waals surface area contributed by atoms with Crippen molar-refractivity contribution in [1.29, 1.82) is 0 Å². The van der Waals surface area contributed by atoms with E-state index < -0.39 is 11.7 Å². The standard InChI is InChI=1S/C15H19NO4/c1-15(2,3)20-14(18)16-6-5-10-8-13(19-4)11(9-17)7-12(10)16/h7-9H,5-6H2,1-4H3. The van der Waals surface area contributed by atoms with Gasteiger partial charge in [0.05, 0.1) is 18.4 Å². The molecule has 1 aromatic carbocycles. The first-order chi connectivity index (χ1) is 9.35. The maximum absolute atomic E-state index is 12.2. The lowest BCUT2D eigenvalue weighted by Crippen LogP contribution is -2.35. The highest BCUT2D eigenvalue weighted by Gasteiger charge is 2.30. The van der Waals surface area contributed by atoms with Crippen LogP contribution in [0.15, 0.2) is 12.1 Å². The summed E-state index contributed by atoms with van der Waals surface area (Å²) in [7, 11) is 1.52. The molecule has 20 heavy (non-hydrogen) atoms. The number of methoxy groups -OCH3 is 1. The minimum absolute atomic E-state index is 0.390. The number of anilines is 1. The first-order valence-corrected chi connectivity index (χ1v) is 6.52. The monoisotopic (exact) mass is 277 g/mol. The van der Waals surface area contributed by atoms with Crippen LogP contribution in [-0.4, -0.2) is 31.6 Å². The van der Waals surface area contributed by atoms with Crippen LogP contribution in [0.5, 0.6) is 5.75 Å². The molecule has 1 heterocycles. The van der Waals surface area contributed by atoms with Crippen LogP contribution in [-0.2, 0) is 11.2 Å². The Balaban J connectivity index is 2.33. The van der Waals surface area contributed by atoms with Gasteiger partial charge in [-0.05, 0) is 44.9 Å². The van der Waals surface area contributed by atoms with Gasteiger partial charge >= 0.3 is 6.09 Å². The van der Waals surface area contributed by atoms with Crippen molar-refractivity contribution in [2.75, 3.05) is 18.6 Å². The van der Waals surface area contributed by atoms with Crippen molar-refractivity contribution in [1.82, 2.24) is 0 Å². The second-order valence-electron chi connectivity index (χ2n) is 5.72. The van der Waals surface area contributed by atoms with Gasteiger partial charge in [0.1, 0.15) is 11.4 Å². The van der Waals surface area contributed by atoms with Gasteiger partial charge in [-0.2, -0.15) is 0 Å². The van der Waals surface area contributed by atoms with Crippen LogP contribution in [0.1, 0.15) is 36.7 Å². The molecule has 0 aromatic heterocycles. The molecule has 0 unspecified atom stereocenters. The average Bonchev–Trinajstić information content (AvgIpc) is 2.77. The SMILES string of the molecule is COc1cc2c(cc1C=O)N(C(=O)OC(C)(C)C)CC2. The van der Waals surface area contributed by atoms with Gasteiger partial charge in [-0.25, -0.2) is 4.79 Å². The van der Waals surface area contributed by atoms with Crippen molar-refractivity contribution in [3.63, 3.8) is 0 Å². The van der Waals surface area contributed by atoms with Crippen molar-refractivity contribution >= 4 is 18.1 Å². The summed E-state index contributed by atoms with van der Waals surface area (Å²) >= 11 is 0. The summed E-state index contributed by atoms with van der Waals surface area (Å²) in [6, 6.07) is 3.49. The minimum Gasteiger partial charge on any atom is -0.496 e. The van der Waals surface area contributed by atoms with E-state index >= 15 is 0 Å². The zero-order chi connectivity index (χ0) is 14.9. The molecule has 0 bridgehead atoms. The normalized spacial score (nSPS) is 13.9. The van der Waals surface area contributed by atoms with Crippen molar-refractivity contribution in [2.24, 2.45) is 0 Å². The number of hydrogen-bond donors (Lipinski definition) is 0. The number of carbonyl (C=O) groups is 2. The smallest absolute Gasteiger partial charge is 0.414 e. The van der Waals surface area contributed by atoms with Gasteiger partial charge in [-0.15, -0.1) is 0 Å². The topological polar surface area (TPSA) is 55.8 Å². The summed E-state index contributed by atoms with van der Waals surface area (Å²) in [5, 5.41) is 0. The van der Waals surface area contributed by atoms with Crippen molar-refractivity contribution < 1.29 is 19.1 Å². The molecule has 0 N–H and O–H groups in total. The van der Waals surface area contributed by atoms with E-state index in [1.807, 2.05) is 26.8 Å². The second kappa shape index (κ2) is 5.15. The third-order valence-electron chi connectivity index (χ3n) is 3.07. The summed E-state index contributed by atoms with van der Waals surface area (Å²) in [4.78, 5) is 24.8. The van der Waals surface area contributed by atoms with Gasteiger partial charge in [0.2, 0.25) is 0 Å². The Hall–Kier alpha value is -2.04. The molecule has 2 rings (SSSR count). The number of nitrogens with zero attached hydrogens (tertiary/aromatic N) is 1. The number of ether oxygens (including phenoxy) is 2. The molecule has 0 fully saturated rings. The van der Waals surface area contributed by atoms with E-state index in [2.05, 4.69) is 0 Å². The molecule has 0 saturated heterocycles. The molecular weight excluding hydrogens is 258 g/mol. The molecular formula is C15H19NO4. The fraction of sp³-hybridized carbons (Fsp3) is 0.467. The zero-order valence-corrected chi connectivity index (χ0v) is 12.2.